The van der Waals surface area contributed by atoms with Gasteiger partial charge in [0, 0.05) is 18.2 Å². The number of carbonyl (C=O) groups is 3. The van der Waals surface area contributed by atoms with E-state index < -0.39 is 17.6 Å². The van der Waals surface area contributed by atoms with Crippen molar-refractivity contribution >= 4 is 52.5 Å². The van der Waals surface area contributed by atoms with Gasteiger partial charge in [0.05, 0.1) is 12.8 Å². The van der Waals surface area contributed by atoms with Crippen LogP contribution in [-0.2, 0) is 21.0 Å². The quantitative estimate of drug-likeness (QED) is 0.276. The summed E-state index contributed by atoms with van der Waals surface area (Å²) < 4.78 is 24.7. The Labute approximate surface area is 217 Å². The molecule has 37 heavy (non-hydrogen) atoms. The van der Waals surface area contributed by atoms with Gasteiger partial charge < -0.3 is 14.8 Å². The maximum atomic E-state index is 13.4. The molecule has 10 heteroatoms. The molecule has 4 rings (SSSR count). The Morgan fingerprint density at radius 2 is 1.78 bits per heavy atom. The van der Waals surface area contributed by atoms with Crippen LogP contribution in [0.15, 0.2) is 72.3 Å². The zero-order valence-corrected chi connectivity index (χ0v) is 20.7. The van der Waals surface area contributed by atoms with E-state index in [1.165, 1.54) is 44.4 Å². The number of hydrogen-bond acceptors (Lipinski definition) is 6. The fourth-order valence-corrected chi connectivity index (χ4v) is 3.93. The molecule has 1 saturated heterocycles. The lowest BCUT2D eigenvalue weighted by molar-refractivity contribution is -0.122. The van der Waals surface area contributed by atoms with Gasteiger partial charge in [0.25, 0.3) is 11.8 Å². The van der Waals surface area contributed by atoms with Crippen molar-refractivity contribution in [2.75, 3.05) is 17.3 Å². The van der Waals surface area contributed by atoms with Crippen LogP contribution in [0, 0.1) is 5.82 Å². The van der Waals surface area contributed by atoms with E-state index in [1.54, 1.807) is 42.5 Å². The van der Waals surface area contributed by atoms with Crippen molar-refractivity contribution in [1.82, 2.24) is 5.32 Å². The third-order valence-corrected chi connectivity index (χ3v) is 5.66. The highest BCUT2D eigenvalue weighted by Crippen LogP contribution is 2.26. The number of anilines is 2. The Balaban J connectivity index is 1.57. The summed E-state index contributed by atoms with van der Waals surface area (Å²) >= 11 is 5.18. The lowest BCUT2D eigenvalue weighted by Gasteiger charge is -2.28. The molecular formula is C27H22FN3O5S. The molecule has 3 amide bonds. The zero-order valence-electron chi connectivity index (χ0n) is 19.9. The first kappa shape index (κ1) is 25.5. The van der Waals surface area contributed by atoms with E-state index >= 15 is 0 Å². The maximum absolute atomic E-state index is 13.4. The summed E-state index contributed by atoms with van der Waals surface area (Å²) in [6.45, 7) is 1.57. The van der Waals surface area contributed by atoms with Crippen LogP contribution in [0.2, 0.25) is 0 Å². The number of rotatable bonds is 7. The molecule has 1 aliphatic heterocycles. The summed E-state index contributed by atoms with van der Waals surface area (Å²) in [5.74, 6) is -0.766. The Kier molecular flexibility index (Phi) is 7.59. The van der Waals surface area contributed by atoms with Gasteiger partial charge >= 0.3 is 0 Å². The summed E-state index contributed by atoms with van der Waals surface area (Å²) in [4.78, 5) is 38.1. The number of carbonyl (C=O) groups excluding carboxylic acids is 3. The number of hydrogen-bond donors (Lipinski definition) is 2. The molecule has 0 aliphatic carbocycles. The average Bonchev–Trinajstić information content (AvgIpc) is 2.87. The number of nitrogens with zero attached hydrogens (tertiary/aromatic N) is 1. The summed E-state index contributed by atoms with van der Waals surface area (Å²) in [7, 11) is 1.53. The van der Waals surface area contributed by atoms with Crippen molar-refractivity contribution in [2.45, 2.75) is 13.5 Å². The highest BCUT2D eigenvalue weighted by molar-refractivity contribution is 7.80. The topological polar surface area (TPSA) is 97.0 Å². The first-order valence-corrected chi connectivity index (χ1v) is 11.5. The molecule has 1 aliphatic rings. The second-order valence-electron chi connectivity index (χ2n) is 8.00. The molecule has 0 saturated carbocycles. The van der Waals surface area contributed by atoms with Gasteiger partial charge in [-0.25, -0.2) is 4.39 Å². The van der Waals surface area contributed by atoms with Crippen LogP contribution in [0.4, 0.5) is 15.8 Å². The van der Waals surface area contributed by atoms with Crippen LogP contribution in [0.3, 0.4) is 0 Å². The minimum Gasteiger partial charge on any atom is -0.496 e. The smallest absolute Gasteiger partial charge is 0.270 e. The summed E-state index contributed by atoms with van der Waals surface area (Å²) in [6, 6.07) is 17.3. The molecule has 0 aromatic heterocycles. The number of ether oxygens (including phenoxy) is 2. The SMILES string of the molecule is COc1ccc(/C=C2/C(=O)NC(=S)N(c3ccc(F)cc3)C2=O)cc1COc1ccc(NC(C)=O)cc1. The highest BCUT2D eigenvalue weighted by atomic mass is 32.1. The molecule has 0 atom stereocenters. The third-order valence-electron chi connectivity index (χ3n) is 5.37. The molecule has 0 spiro atoms. The van der Waals surface area contributed by atoms with E-state index in [4.69, 9.17) is 21.7 Å². The highest BCUT2D eigenvalue weighted by Gasteiger charge is 2.34. The Hall–Kier alpha value is -4.57. The lowest BCUT2D eigenvalue weighted by atomic mass is 10.0. The van der Waals surface area contributed by atoms with Crippen LogP contribution in [0.25, 0.3) is 6.08 Å². The molecule has 3 aromatic carbocycles. The minimum atomic E-state index is -0.638. The third kappa shape index (κ3) is 5.99. The van der Waals surface area contributed by atoms with Crippen molar-refractivity contribution in [3.63, 3.8) is 0 Å². The second-order valence-corrected chi connectivity index (χ2v) is 8.39. The van der Waals surface area contributed by atoms with E-state index in [0.717, 1.165) is 4.90 Å². The van der Waals surface area contributed by atoms with Gasteiger partial charge in [0.2, 0.25) is 5.91 Å². The molecule has 188 valence electrons. The van der Waals surface area contributed by atoms with Crippen LogP contribution in [0.1, 0.15) is 18.1 Å². The number of nitrogens with one attached hydrogen (secondary N) is 2. The lowest BCUT2D eigenvalue weighted by Crippen LogP contribution is -2.54. The average molecular weight is 520 g/mol. The summed E-state index contributed by atoms with van der Waals surface area (Å²) in [6.07, 6.45) is 1.45. The van der Waals surface area contributed by atoms with Crippen molar-refractivity contribution in [3.8, 4) is 11.5 Å². The molecule has 8 nitrogen and oxygen atoms in total. The molecule has 0 bridgehead atoms. The fourth-order valence-electron chi connectivity index (χ4n) is 3.65. The predicted molar refractivity (Wildman–Crippen MR) is 141 cm³/mol. The van der Waals surface area contributed by atoms with E-state index in [9.17, 15) is 18.8 Å². The molecule has 0 radical (unpaired) electrons. The number of thiocarbonyl (C=S) groups is 1. The monoisotopic (exact) mass is 519 g/mol. The second kappa shape index (κ2) is 11.0. The first-order valence-electron chi connectivity index (χ1n) is 11.1. The number of amides is 3. The molecule has 1 fully saturated rings. The van der Waals surface area contributed by atoms with E-state index in [2.05, 4.69) is 10.6 Å². The standard InChI is InChI=1S/C27H22FN3O5S/c1-16(32)29-20-6-10-22(11-7-20)36-15-18-13-17(3-12-24(18)35-2)14-23-25(33)30-27(37)31(26(23)34)21-8-4-19(28)5-9-21/h3-14H,15H2,1-2H3,(H,29,32)(H,30,33,37)/b23-14-. The van der Waals surface area contributed by atoms with Gasteiger partial charge in [-0.2, -0.15) is 0 Å². The maximum Gasteiger partial charge on any atom is 0.270 e. The van der Waals surface area contributed by atoms with E-state index in [-0.39, 0.29) is 23.2 Å². The summed E-state index contributed by atoms with van der Waals surface area (Å²) in [5, 5.41) is 5.10. The molecule has 2 N–H and O–H groups in total. The van der Waals surface area contributed by atoms with Crippen LogP contribution in [-0.4, -0.2) is 29.9 Å². The Bertz CT molecular complexity index is 1400. The molecule has 1 heterocycles. The van der Waals surface area contributed by atoms with Gasteiger partial charge in [-0.05, 0) is 84.5 Å². The van der Waals surface area contributed by atoms with E-state index in [1.807, 2.05) is 0 Å². The first-order chi connectivity index (χ1) is 17.7. The number of halogens is 1. The summed E-state index contributed by atoms with van der Waals surface area (Å²) in [5.41, 5.74) is 2.08. The number of methoxy groups -OCH3 is 1. The molecular weight excluding hydrogens is 497 g/mol. The minimum absolute atomic E-state index is 0.0906. The van der Waals surface area contributed by atoms with Crippen LogP contribution >= 0.6 is 12.2 Å². The van der Waals surface area contributed by atoms with Crippen molar-refractivity contribution < 1.29 is 28.2 Å². The molecule has 0 unspecified atom stereocenters. The molecule has 3 aromatic rings. The van der Waals surface area contributed by atoms with Gasteiger partial charge in [-0.3, -0.25) is 24.6 Å². The van der Waals surface area contributed by atoms with Crippen LogP contribution in [0.5, 0.6) is 11.5 Å². The largest absolute Gasteiger partial charge is 0.496 e. The van der Waals surface area contributed by atoms with Crippen molar-refractivity contribution in [2.24, 2.45) is 0 Å². The van der Waals surface area contributed by atoms with Gasteiger partial charge in [-0.1, -0.05) is 6.07 Å². The van der Waals surface area contributed by atoms with Gasteiger partial charge in [-0.15, -0.1) is 0 Å². The Morgan fingerprint density at radius 1 is 1.08 bits per heavy atom. The van der Waals surface area contributed by atoms with Gasteiger partial charge in [0.15, 0.2) is 5.11 Å². The van der Waals surface area contributed by atoms with E-state index in [0.29, 0.717) is 34.0 Å². The Morgan fingerprint density at radius 3 is 2.43 bits per heavy atom. The van der Waals surface area contributed by atoms with Gasteiger partial charge in [0.1, 0.15) is 29.5 Å². The van der Waals surface area contributed by atoms with Crippen LogP contribution < -0.4 is 25.0 Å². The number of benzene rings is 3. The fraction of sp³-hybridized carbons (Fsp3) is 0.111. The van der Waals surface area contributed by atoms with Crippen molar-refractivity contribution in [1.29, 1.82) is 0 Å². The zero-order chi connectivity index (χ0) is 26.5. The normalized spacial score (nSPS) is 14.4. The van der Waals surface area contributed by atoms with Crippen molar-refractivity contribution in [3.05, 3.63) is 89.2 Å². The predicted octanol–water partition coefficient (Wildman–Crippen LogP) is 4.20.